The molecule has 0 atom stereocenters. The van der Waals surface area contributed by atoms with Gasteiger partial charge < -0.3 is 30.8 Å². The molecule has 3 rings (SSSR count). The second-order valence-corrected chi connectivity index (χ2v) is 9.46. The minimum atomic E-state index is -5.62. The summed E-state index contributed by atoms with van der Waals surface area (Å²) in [6.07, 6.45) is -5.52. The van der Waals surface area contributed by atoms with Gasteiger partial charge in [-0.1, -0.05) is 6.07 Å². The molecule has 8 nitrogen and oxygen atoms in total. The van der Waals surface area contributed by atoms with Crippen molar-refractivity contribution in [1.82, 2.24) is 0 Å². The Morgan fingerprint density at radius 1 is 0.907 bits per heavy atom. The number of halogens is 5. The molecule has 0 aliphatic heterocycles. The van der Waals surface area contributed by atoms with Gasteiger partial charge in [0.1, 0.15) is 5.75 Å². The lowest BCUT2D eigenvalue weighted by Gasteiger charge is -2.19. The summed E-state index contributed by atoms with van der Waals surface area (Å²) in [5.41, 5.74) is 14.0. The fraction of sp³-hybridized carbons (Fsp3) is 0.267. The summed E-state index contributed by atoms with van der Waals surface area (Å²) < 4.78 is 78.6. The topological polar surface area (TPSA) is 134 Å². The van der Waals surface area contributed by atoms with Crippen molar-refractivity contribution in [2.24, 2.45) is 0 Å². The predicted molar refractivity (Wildman–Crippen MR) is 149 cm³/mol. The molecule has 0 heterocycles. The van der Waals surface area contributed by atoms with Crippen LogP contribution in [-0.4, -0.2) is 42.9 Å². The number of benzene rings is 3. The number of carbonyl (C=O) groups is 2. The Morgan fingerprint density at radius 2 is 1.56 bits per heavy atom. The van der Waals surface area contributed by atoms with Crippen LogP contribution in [0.2, 0.25) is 0 Å². The number of hydrogen-bond donors (Lipinski definition) is 3. The van der Waals surface area contributed by atoms with Gasteiger partial charge in [0.25, 0.3) is 0 Å². The molecule has 0 saturated carbocycles. The number of ether oxygens (including phenoxy) is 3. The quantitative estimate of drug-likeness (QED) is 0.0498. The lowest BCUT2D eigenvalue weighted by molar-refractivity contribution is -0.284. The number of alkyl halides is 5. The lowest BCUT2D eigenvalue weighted by atomic mass is 10.0. The first-order valence-corrected chi connectivity index (χ1v) is 12.8. The van der Waals surface area contributed by atoms with Crippen molar-refractivity contribution in [3.63, 3.8) is 0 Å². The maximum Gasteiger partial charge on any atom is 0.453 e. The van der Waals surface area contributed by atoms with Crippen molar-refractivity contribution in [3.8, 4) is 17.2 Å². The van der Waals surface area contributed by atoms with Crippen molar-refractivity contribution in [3.05, 3.63) is 82.9 Å². The summed E-state index contributed by atoms with van der Waals surface area (Å²) in [5, 5.41) is 9.69. The highest BCUT2D eigenvalue weighted by Crippen LogP contribution is 2.38. The van der Waals surface area contributed by atoms with Gasteiger partial charge in [-0.05, 0) is 91.1 Å². The van der Waals surface area contributed by atoms with Gasteiger partial charge in [-0.2, -0.15) is 22.0 Å². The standard InChI is InChI=1S/C30H29F5N2O6/c1-41-26-16-18(13-21(27(38)39)5-3-19-14-22(36)17-23(37)15-19)4-10-25(26)43-28(40)20-6-8-24(9-7-20)42-12-2-11-29(31,32)30(33,34)35/h4,6-10,13-17H,2-3,5,11-12,36-37H2,1H3,(H,38,39). The Morgan fingerprint density at radius 3 is 2.14 bits per heavy atom. The average molecular weight is 609 g/mol. The van der Waals surface area contributed by atoms with Crippen LogP contribution < -0.4 is 25.7 Å². The number of rotatable bonds is 13. The number of nitrogens with two attached hydrogens (primary N) is 2. The van der Waals surface area contributed by atoms with Gasteiger partial charge in [0.05, 0.1) is 19.3 Å². The van der Waals surface area contributed by atoms with Crippen LogP contribution in [0.4, 0.5) is 33.3 Å². The first kappa shape index (κ1) is 32.7. The summed E-state index contributed by atoms with van der Waals surface area (Å²) in [7, 11) is 1.35. The van der Waals surface area contributed by atoms with E-state index in [1.54, 1.807) is 24.3 Å². The summed E-state index contributed by atoms with van der Waals surface area (Å²) in [5.74, 6) is -6.31. The van der Waals surface area contributed by atoms with Crippen molar-refractivity contribution in [2.45, 2.75) is 37.8 Å². The molecule has 0 amide bonds. The van der Waals surface area contributed by atoms with Gasteiger partial charge in [-0.15, -0.1) is 0 Å². The molecule has 0 radical (unpaired) electrons. The maximum absolute atomic E-state index is 13.0. The van der Waals surface area contributed by atoms with Gasteiger partial charge in [-0.3, -0.25) is 0 Å². The number of carbonyl (C=O) groups excluding carboxylic acids is 1. The number of hydrogen-bond acceptors (Lipinski definition) is 7. The maximum atomic E-state index is 13.0. The molecule has 5 N–H and O–H groups in total. The number of carboxylic acid groups (broad SMARTS) is 1. The summed E-state index contributed by atoms with van der Waals surface area (Å²) in [6.45, 7) is -0.382. The fourth-order valence-corrected chi connectivity index (χ4v) is 3.94. The average Bonchev–Trinajstić information content (AvgIpc) is 2.93. The van der Waals surface area contributed by atoms with E-state index in [2.05, 4.69) is 0 Å². The molecule has 3 aromatic rings. The third kappa shape index (κ3) is 9.35. The smallest absolute Gasteiger partial charge is 0.453 e. The minimum Gasteiger partial charge on any atom is -0.494 e. The van der Waals surface area contributed by atoms with Crippen molar-refractivity contribution in [1.29, 1.82) is 0 Å². The van der Waals surface area contributed by atoms with E-state index in [-0.39, 0.29) is 41.4 Å². The zero-order valence-corrected chi connectivity index (χ0v) is 22.9. The Balaban J connectivity index is 1.62. The van der Waals surface area contributed by atoms with Gasteiger partial charge >= 0.3 is 24.0 Å². The van der Waals surface area contributed by atoms with Crippen LogP contribution in [0.3, 0.4) is 0 Å². The molecular formula is C30H29F5N2O6. The van der Waals surface area contributed by atoms with Crippen molar-refractivity contribution < 1.29 is 50.9 Å². The van der Waals surface area contributed by atoms with Crippen LogP contribution in [0.15, 0.2) is 66.2 Å². The van der Waals surface area contributed by atoms with Crippen LogP contribution in [0, 0.1) is 0 Å². The second-order valence-electron chi connectivity index (χ2n) is 9.46. The molecular weight excluding hydrogens is 579 g/mol. The highest BCUT2D eigenvalue weighted by atomic mass is 19.4. The van der Waals surface area contributed by atoms with Crippen LogP contribution in [0.5, 0.6) is 17.2 Å². The Kier molecular flexibility index (Phi) is 10.6. The van der Waals surface area contributed by atoms with Crippen LogP contribution >= 0.6 is 0 Å². The van der Waals surface area contributed by atoms with Gasteiger partial charge in [0.15, 0.2) is 11.5 Å². The lowest BCUT2D eigenvalue weighted by Crippen LogP contribution is -2.36. The Bertz CT molecular complexity index is 1450. The predicted octanol–water partition coefficient (Wildman–Crippen LogP) is 6.54. The molecule has 230 valence electrons. The van der Waals surface area contributed by atoms with E-state index in [0.717, 1.165) is 5.56 Å². The molecule has 43 heavy (non-hydrogen) atoms. The third-order valence-electron chi connectivity index (χ3n) is 6.13. The van der Waals surface area contributed by atoms with Crippen molar-refractivity contribution >= 4 is 29.4 Å². The van der Waals surface area contributed by atoms with Gasteiger partial charge in [0.2, 0.25) is 0 Å². The number of nitrogen functional groups attached to an aromatic ring is 2. The van der Waals surface area contributed by atoms with E-state index in [1.807, 2.05) is 0 Å². The first-order valence-electron chi connectivity index (χ1n) is 12.8. The summed E-state index contributed by atoms with van der Waals surface area (Å²) in [4.78, 5) is 24.5. The molecule has 0 unspecified atom stereocenters. The van der Waals surface area contributed by atoms with E-state index in [4.69, 9.17) is 25.7 Å². The van der Waals surface area contributed by atoms with Gasteiger partial charge in [0, 0.05) is 23.4 Å². The highest BCUT2D eigenvalue weighted by Gasteiger charge is 2.56. The monoisotopic (exact) mass is 608 g/mol. The van der Waals surface area contributed by atoms with E-state index in [1.165, 1.54) is 49.6 Å². The van der Waals surface area contributed by atoms with Gasteiger partial charge in [-0.25, -0.2) is 9.59 Å². The van der Waals surface area contributed by atoms with E-state index >= 15 is 0 Å². The van der Waals surface area contributed by atoms with Crippen LogP contribution in [0.1, 0.15) is 40.7 Å². The Hall–Kier alpha value is -4.81. The summed E-state index contributed by atoms with van der Waals surface area (Å²) in [6, 6.07) is 14.9. The van der Waals surface area contributed by atoms with Crippen LogP contribution in [0.25, 0.3) is 6.08 Å². The highest BCUT2D eigenvalue weighted by molar-refractivity contribution is 5.93. The molecule has 0 saturated heterocycles. The minimum absolute atomic E-state index is 0.0580. The number of anilines is 2. The molecule has 0 fully saturated rings. The summed E-state index contributed by atoms with van der Waals surface area (Å²) >= 11 is 0. The second kappa shape index (κ2) is 13.9. The number of carboxylic acids is 1. The molecule has 13 heteroatoms. The molecule has 0 aliphatic rings. The Labute approximate surface area is 243 Å². The molecule has 0 aromatic heterocycles. The fourth-order valence-electron chi connectivity index (χ4n) is 3.94. The largest absolute Gasteiger partial charge is 0.494 e. The van der Waals surface area contributed by atoms with E-state index < -0.39 is 36.9 Å². The molecule has 3 aromatic carbocycles. The number of methoxy groups -OCH3 is 1. The SMILES string of the molecule is COc1cc(C=C(CCc2cc(N)cc(N)c2)C(=O)O)ccc1OC(=O)c1ccc(OCCCC(F)(F)C(F)(F)F)cc1. The number of aryl methyl sites for hydroxylation is 1. The van der Waals surface area contributed by atoms with E-state index in [9.17, 15) is 36.6 Å². The molecule has 0 spiro atoms. The van der Waals surface area contributed by atoms with Crippen LogP contribution in [-0.2, 0) is 11.2 Å². The normalized spacial score (nSPS) is 12.1. The molecule has 0 aliphatic carbocycles. The zero-order valence-electron chi connectivity index (χ0n) is 22.9. The third-order valence-corrected chi connectivity index (χ3v) is 6.13. The first-order chi connectivity index (χ1) is 20.2. The molecule has 0 bridgehead atoms. The van der Waals surface area contributed by atoms with Crippen molar-refractivity contribution in [2.75, 3.05) is 25.2 Å². The zero-order chi connectivity index (χ0) is 31.8. The number of esters is 1. The van der Waals surface area contributed by atoms with E-state index in [0.29, 0.717) is 23.4 Å². The number of aliphatic carboxylic acids is 1.